The second kappa shape index (κ2) is 6.70. The van der Waals surface area contributed by atoms with E-state index in [1.807, 2.05) is 18.2 Å². The summed E-state index contributed by atoms with van der Waals surface area (Å²) in [4.78, 5) is 9.37. The van der Waals surface area contributed by atoms with Crippen LogP contribution in [0.2, 0.25) is 0 Å². The molecule has 0 fully saturated rings. The number of hydrogen-bond donors (Lipinski definition) is 2. The van der Waals surface area contributed by atoms with Crippen LogP contribution in [0.4, 0.5) is 4.79 Å². The molecule has 0 heterocycles. The highest BCUT2D eigenvalue weighted by Crippen LogP contribution is 2.23. The summed E-state index contributed by atoms with van der Waals surface area (Å²) in [7, 11) is 1.22. The molecule has 0 aromatic heterocycles. The van der Waals surface area contributed by atoms with Crippen molar-refractivity contribution in [1.82, 2.24) is 0 Å². The van der Waals surface area contributed by atoms with Crippen LogP contribution in [-0.4, -0.2) is 18.3 Å². The number of phenols is 1. The molecule has 0 saturated heterocycles. The Morgan fingerprint density at radius 2 is 1.87 bits per heavy atom. The topological polar surface area (TPSA) is 72.6 Å². The molecule has 0 saturated carbocycles. The van der Waals surface area contributed by atoms with Crippen molar-refractivity contribution >= 4 is 6.09 Å². The van der Waals surface area contributed by atoms with Gasteiger partial charge < -0.3 is 15.6 Å². The number of para-hydroxylation sites is 1. The van der Waals surface area contributed by atoms with Crippen LogP contribution in [0.5, 0.6) is 5.75 Å². The number of methoxy groups -OCH3 is 1. The number of rotatable bonds is 1. The molecule has 1 aromatic carbocycles. The minimum Gasteiger partial charge on any atom is -0.508 e. The standard InChI is InChI=1S/C9H12O.C2H5NO2/c1-7(2)8-5-3-4-6-9(8)10;1-5-2(3)4/h3-7,10H,1-2H3;1H3,(H2,3,4). The molecule has 0 aliphatic rings. The number of aromatic hydroxyl groups is 1. The SMILES string of the molecule is CC(C)c1ccccc1O.COC(N)=O. The van der Waals surface area contributed by atoms with E-state index in [0.717, 1.165) is 5.56 Å². The Morgan fingerprint density at radius 3 is 2.13 bits per heavy atom. The molecule has 0 spiro atoms. The number of primary amides is 1. The Labute approximate surface area is 89.7 Å². The summed E-state index contributed by atoms with van der Waals surface area (Å²) in [6, 6.07) is 7.44. The van der Waals surface area contributed by atoms with Crippen molar-refractivity contribution < 1.29 is 14.6 Å². The normalized spacial score (nSPS) is 9.07. The molecule has 1 rings (SSSR count). The van der Waals surface area contributed by atoms with E-state index in [-0.39, 0.29) is 0 Å². The van der Waals surface area contributed by atoms with E-state index in [4.69, 9.17) is 0 Å². The molecule has 0 aliphatic heterocycles. The van der Waals surface area contributed by atoms with Crippen LogP contribution >= 0.6 is 0 Å². The summed E-state index contributed by atoms with van der Waals surface area (Å²) in [6.07, 6.45) is -0.745. The molecule has 1 aromatic rings. The molecular weight excluding hydrogens is 194 g/mol. The van der Waals surface area contributed by atoms with Gasteiger partial charge in [-0.05, 0) is 17.5 Å². The van der Waals surface area contributed by atoms with Crippen molar-refractivity contribution in [1.29, 1.82) is 0 Å². The van der Waals surface area contributed by atoms with Crippen molar-refractivity contribution in [2.24, 2.45) is 5.73 Å². The van der Waals surface area contributed by atoms with Gasteiger partial charge in [0, 0.05) is 0 Å². The van der Waals surface area contributed by atoms with Gasteiger partial charge in [0.2, 0.25) is 0 Å². The van der Waals surface area contributed by atoms with Crippen LogP contribution in [0.3, 0.4) is 0 Å². The summed E-state index contributed by atoms with van der Waals surface area (Å²) >= 11 is 0. The average Bonchev–Trinajstić information content (AvgIpc) is 2.19. The van der Waals surface area contributed by atoms with Crippen LogP contribution in [0.25, 0.3) is 0 Å². The second-order valence-corrected chi connectivity index (χ2v) is 3.24. The first-order chi connectivity index (χ1) is 6.99. The van der Waals surface area contributed by atoms with Gasteiger partial charge in [-0.1, -0.05) is 32.0 Å². The monoisotopic (exact) mass is 211 g/mol. The van der Waals surface area contributed by atoms with Crippen molar-refractivity contribution in [2.75, 3.05) is 7.11 Å². The number of hydrogen-bond acceptors (Lipinski definition) is 3. The van der Waals surface area contributed by atoms with Crippen molar-refractivity contribution in [2.45, 2.75) is 19.8 Å². The van der Waals surface area contributed by atoms with E-state index >= 15 is 0 Å². The Balaban J connectivity index is 0.000000336. The fourth-order valence-corrected chi connectivity index (χ4v) is 0.976. The number of ether oxygens (including phenoxy) is 1. The van der Waals surface area contributed by atoms with E-state index in [0.29, 0.717) is 11.7 Å². The number of carbonyl (C=O) groups is 1. The van der Waals surface area contributed by atoms with Gasteiger partial charge in [0.05, 0.1) is 7.11 Å². The zero-order valence-electron chi connectivity index (χ0n) is 9.23. The number of benzene rings is 1. The minimum absolute atomic E-state index is 0.400. The average molecular weight is 211 g/mol. The highest BCUT2D eigenvalue weighted by Gasteiger charge is 2.01. The van der Waals surface area contributed by atoms with Crippen LogP contribution < -0.4 is 5.73 Å². The van der Waals surface area contributed by atoms with Gasteiger partial charge in [-0.15, -0.1) is 0 Å². The maximum Gasteiger partial charge on any atom is 0.404 e. The van der Waals surface area contributed by atoms with Gasteiger partial charge in [-0.25, -0.2) is 4.79 Å². The highest BCUT2D eigenvalue weighted by molar-refractivity contribution is 5.64. The first-order valence-electron chi connectivity index (χ1n) is 4.60. The predicted octanol–water partition coefficient (Wildman–Crippen LogP) is 2.23. The maximum absolute atomic E-state index is 9.37. The Kier molecular flexibility index (Phi) is 5.94. The van der Waals surface area contributed by atoms with Crippen LogP contribution in [0, 0.1) is 0 Å². The van der Waals surface area contributed by atoms with Crippen molar-refractivity contribution in [3.8, 4) is 5.75 Å². The second-order valence-electron chi connectivity index (χ2n) is 3.24. The molecule has 0 radical (unpaired) electrons. The van der Waals surface area contributed by atoms with Gasteiger partial charge in [-0.2, -0.15) is 0 Å². The molecule has 4 heteroatoms. The van der Waals surface area contributed by atoms with E-state index in [1.165, 1.54) is 7.11 Å². The molecule has 0 atom stereocenters. The van der Waals surface area contributed by atoms with Gasteiger partial charge >= 0.3 is 6.09 Å². The van der Waals surface area contributed by atoms with E-state index in [1.54, 1.807) is 6.07 Å². The lowest BCUT2D eigenvalue weighted by Gasteiger charge is -2.05. The van der Waals surface area contributed by atoms with E-state index in [9.17, 15) is 9.90 Å². The largest absolute Gasteiger partial charge is 0.508 e. The predicted molar refractivity (Wildman–Crippen MR) is 58.8 cm³/mol. The molecule has 0 bridgehead atoms. The van der Waals surface area contributed by atoms with Gasteiger partial charge in [0.1, 0.15) is 5.75 Å². The van der Waals surface area contributed by atoms with Crippen molar-refractivity contribution in [3.63, 3.8) is 0 Å². The van der Waals surface area contributed by atoms with E-state index in [2.05, 4.69) is 24.3 Å². The Hall–Kier alpha value is -1.71. The molecule has 0 unspecified atom stereocenters. The van der Waals surface area contributed by atoms with E-state index < -0.39 is 6.09 Å². The minimum atomic E-state index is -0.745. The quantitative estimate of drug-likeness (QED) is 0.748. The molecule has 84 valence electrons. The zero-order chi connectivity index (χ0) is 11.8. The highest BCUT2D eigenvalue weighted by atomic mass is 16.5. The van der Waals surface area contributed by atoms with Gasteiger partial charge in [-0.3, -0.25) is 0 Å². The molecule has 15 heavy (non-hydrogen) atoms. The third-order valence-corrected chi connectivity index (χ3v) is 1.76. The summed E-state index contributed by atoms with van der Waals surface area (Å²) in [6.45, 7) is 4.13. The zero-order valence-corrected chi connectivity index (χ0v) is 9.23. The summed E-state index contributed by atoms with van der Waals surface area (Å²) in [5, 5.41) is 9.28. The molecule has 1 amide bonds. The lowest BCUT2D eigenvalue weighted by Crippen LogP contribution is -2.08. The van der Waals surface area contributed by atoms with Gasteiger partial charge in [0.15, 0.2) is 0 Å². The number of amides is 1. The molecule has 4 nitrogen and oxygen atoms in total. The number of phenolic OH excluding ortho intramolecular Hbond substituents is 1. The number of nitrogens with two attached hydrogens (primary N) is 1. The summed E-state index contributed by atoms with van der Waals surface area (Å²) in [5.74, 6) is 0.804. The number of carbonyl (C=O) groups excluding carboxylic acids is 1. The van der Waals surface area contributed by atoms with Gasteiger partial charge in [0.25, 0.3) is 0 Å². The third-order valence-electron chi connectivity index (χ3n) is 1.76. The summed E-state index contributed by atoms with van der Waals surface area (Å²) in [5.41, 5.74) is 5.45. The maximum atomic E-state index is 9.37. The lowest BCUT2D eigenvalue weighted by atomic mass is 10.0. The molecule has 3 N–H and O–H groups in total. The first-order valence-corrected chi connectivity index (χ1v) is 4.60. The van der Waals surface area contributed by atoms with Crippen LogP contribution in [-0.2, 0) is 4.74 Å². The molecular formula is C11H17NO3. The Bertz CT molecular complexity index is 310. The third kappa shape index (κ3) is 5.57. The Morgan fingerprint density at radius 1 is 1.40 bits per heavy atom. The fourth-order valence-electron chi connectivity index (χ4n) is 0.976. The summed E-state index contributed by atoms with van der Waals surface area (Å²) < 4.78 is 3.89. The van der Waals surface area contributed by atoms with Crippen molar-refractivity contribution in [3.05, 3.63) is 29.8 Å². The molecule has 0 aliphatic carbocycles. The fraction of sp³-hybridized carbons (Fsp3) is 0.364. The van der Waals surface area contributed by atoms with Crippen LogP contribution in [0.15, 0.2) is 24.3 Å². The smallest absolute Gasteiger partial charge is 0.404 e. The lowest BCUT2D eigenvalue weighted by molar-refractivity contribution is 0.182. The van der Waals surface area contributed by atoms with Crippen LogP contribution in [0.1, 0.15) is 25.3 Å². The first kappa shape index (κ1) is 13.3.